The summed E-state index contributed by atoms with van der Waals surface area (Å²) < 4.78 is 34.7. The molecule has 10 heteroatoms. The minimum atomic E-state index is -0.520. The molecule has 1 amide bonds. The van der Waals surface area contributed by atoms with Gasteiger partial charge in [0.2, 0.25) is 0 Å². The molecule has 0 N–H and O–H groups in total. The van der Waals surface area contributed by atoms with Crippen molar-refractivity contribution in [2.24, 2.45) is 0 Å². The van der Waals surface area contributed by atoms with Gasteiger partial charge in [-0.15, -0.1) is 0 Å². The van der Waals surface area contributed by atoms with Gasteiger partial charge in [-0.3, -0.25) is 9.78 Å². The number of aromatic nitrogens is 4. The number of pyridine rings is 1. The van der Waals surface area contributed by atoms with Crippen LogP contribution in [0.25, 0.3) is 5.65 Å². The van der Waals surface area contributed by atoms with Crippen molar-refractivity contribution in [2.45, 2.75) is 33.4 Å². The summed E-state index contributed by atoms with van der Waals surface area (Å²) in [6, 6.07) is 5.17. The molecule has 4 heterocycles. The molecule has 5 rings (SSSR count). The number of hydrogen-bond acceptors (Lipinski definition) is 5. The summed E-state index contributed by atoms with van der Waals surface area (Å²) in [5, 5.41) is 5.15. The Balaban J connectivity index is 1.36. The number of aryl methyl sites for hydroxylation is 2. The molecule has 0 radical (unpaired) electrons. The molecule has 3 aromatic heterocycles. The second kappa shape index (κ2) is 8.64. The van der Waals surface area contributed by atoms with Crippen LogP contribution in [0.4, 0.5) is 8.78 Å². The predicted octanol–water partition coefficient (Wildman–Crippen LogP) is 4.45. The van der Waals surface area contributed by atoms with E-state index in [-0.39, 0.29) is 23.8 Å². The third kappa shape index (κ3) is 3.96. The van der Waals surface area contributed by atoms with Gasteiger partial charge in [0.1, 0.15) is 17.4 Å². The normalized spacial score (nSPS) is 12.9. The molecule has 0 saturated heterocycles. The topological polar surface area (TPSA) is 72.6 Å². The van der Waals surface area contributed by atoms with Crippen molar-refractivity contribution in [2.75, 3.05) is 6.61 Å². The second-order valence-corrected chi connectivity index (χ2v) is 8.55. The van der Waals surface area contributed by atoms with Gasteiger partial charge in [-0.1, -0.05) is 11.6 Å². The summed E-state index contributed by atoms with van der Waals surface area (Å²) >= 11 is 6.30. The van der Waals surface area contributed by atoms with Gasteiger partial charge in [0.25, 0.3) is 5.91 Å². The lowest BCUT2D eigenvalue weighted by molar-refractivity contribution is 0.0745. The number of amides is 1. The fraction of sp³-hybridized carbons (Fsp3) is 0.250. The first-order valence-electron chi connectivity index (χ1n) is 10.7. The Bertz CT molecular complexity index is 1440. The first-order chi connectivity index (χ1) is 16.3. The number of nitrogens with zero attached hydrogens (tertiary/aromatic N) is 5. The van der Waals surface area contributed by atoms with Gasteiger partial charge in [0.05, 0.1) is 53.6 Å². The first kappa shape index (κ1) is 22.2. The molecule has 1 aromatic carbocycles. The minimum Gasteiger partial charge on any atom is -0.492 e. The number of carbonyl (C=O) groups is 1. The highest BCUT2D eigenvalue weighted by Gasteiger charge is 2.31. The molecule has 7 nitrogen and oxygen atoms in total. The van der Waals surface area contributed by atoms with E-state index in [1.807, 2.05) is 13.8 Å². The Morgan fingerprint density at radius 3 is 2.76 bits per heavy atom. The van der Waals surface area contributed by atoms with Gasteiger partial charge in [-0.25, -0.2) is 18.3 Å². The van der Waals surface area contributed by atoms with E-state index in [0.29, 0.717) is 41.4 Å². The number of carbonyl (C=O) groups excluding carboxylic acids is 1. The van der Waals surface area contributed by atoms with Crippen molar-refractivity contribution < 1.29 is 18.3 Å². The van der Waals surface area contributed by atoms with Crippen LogP contribution in [0.3, 0.4) is 0 Å². The lowest BCUT2D eigenvalue weighted by Crippen LogP contribution is -2.26. The van der Waals surface area contributed by atoms with Gasteiger partial charge in [-0.2, -0.15) is 5.10 Å². The molecule has 1 aliphatic rings. The number of fused-ring (bicyclic) bond motifs is 3. The van der Waals surface area contributed by atoms with Gasteiger partial charge in [0.15, 0.2) is 5.65 Å². The third-order valence-electron chi connectivity index (χ3n) is 5.83. The second-order valence-electron chi connectivity index (χ2n) is 8.17. The Labute approximate surface area is 199 Å². The van der Waals surface area contributed by atoms with E-state index in [9.17, 15) is 13.6 Å². The number of halogens is 3. The maximum Gasteiger partial charge on any atom is 0.258 e. The Kier molecular flexibility index (Phi) is 5.65. The van der Waals surface area contributed by atoms with Crippen LogP contribution in [0.1, 0.15) is 38.6 Å². The number of rotatable bonds is 5. The van der Waals surface area contributed by atoms with E-state index in [1.54, 1.807) is 9.42 Å². The van der Waals surface area contributed by atoms with E-state index in [0.717, 1.165) is 23.1 Å². The van der Waals surface area contributed by atoms with Gasteiger partial charge >= 0.3 is 0 Å². The van der Waals surface area contributed by atoms with Crippen LogP contribution in [0, 0.1) is 25.5 Å². The summed E-state index contributed by atoms with van der Waals surface area (Å²) in [5.74, 6) is -1.14. The minimum absolute atomic E-state index is 0.129. The van der Waals surface area contributed by atoms with Crippen LogP contribution in [0.15, 0.2) is 36.7 Å². The first-order valence-corrected chi connectivity index (χ1v) is 11.0. The third-order valence-corrected chi connectivity index (χ3v) is 6.37. The fourth-order valence-electron chi connectivity index (χ4n) is 4.09. The molecule has 0 saturated carbocycles. The maximum atomic E-state index is 13.9. The molecular formula is C24H20ClF2N5O2. The van der Waals surface area contributed by atoms with Crippen LogP contribution in [0.2, 0.25) is 5.02 Å². The quantitative estimate of drug-likeness (QED) is 0.419. The van der Waals surface area contributed by atoms with Gasteiger partial charge in [-0.05, 0) is 37.6 Å². The summed E-state index contributed by atoms with van der Waals surface area (Å²) in [7, 11) is 0. The molecule has 0 spiro atoms. The van der Waals surface area contributed by atoms with E-state index in [2.05, 4.69) is 15.1 Å². The van der Waals surface area contributed by atoms with Crippen LogP contribution in [-0.2, 0) is 19.5 Å². The Hall–Kier alpha value is -3.59. The monoisotopic (exact) mass is 483 g/mol. The number of benzene rings is 1. The summed E-state index contributed by atoms with van der Waals surface area (Å²) in [4.78, 5) is 23.3. The van der Waals surface area contributed by atoms with Crippen LogP contribution in [0.5, 0.6) is 5.75 Å². The zero-order chi connectivity index (χ0) is 24.0. The summed E-state index contributed by atoms with van der Waals surface area (Å²) in [6.07, 6.45) is 3.00. The van der Waals surface area contributed by atoms with Crippen molar-refractivity contribution in [3.8, 4) is 5.75 Å². The van der Waals surface area contributed by atoms with Crippen molar-refractivity contribution in [3.63, 3.8) is 0 Å². The van der Waals surface area contributed by atoms with E-state index >= 15 is 0 Å². The molecule has 0 atom stereocenters. The SMILES string of the molecule is Cc1nc2c3c(nn2c(C)c1Cl)CN(C(=O)c1ccc(F)cc1OCCc1cncc(F)c1)C3. The average Bonchev–Trinajstić information content (AvgIpc) is 3.36. The standard InChI is InChI=1S/C24H20ClF2N5O2/c1-13-22(25)14(2)32-23(29-13)19-11-31(12-20(19)30-32)24(33)18-4-3-16(26)8-21(18)34-6-5-15-7-17(27)10-28-9-15/h3-4,7-10H,5-6,11-12H2,1-2H3. The smallest absolute Gasteiger partial charge is 0.258 e. The Morgan fingerprint density at radius 1 is 1.15 bits per heavy atom. The predicted molar refractivity (Wildman–Crippen MR) is 121 cm³/mol. The number of ether oxygens (including phenoxy) is 1. The number of hydrogen-bond donors (Lipinski definition) is 0. The maximum absolute atomic E-state index is 13.9. The van der Waals surface area contributed by atoms with Crippen LogP contribution < -0.4 is 4.74 Å². The molecule has 0 fully saturated rings. The molecule has 0 bridgehead atoms. The highest BCUT2D eigenvalue weighted by Crippen LogP contribution is 2.31. The van der Waals surface area contributed by atoms with Gasteiger partial charge in [0, 0.05) is 24.2 Å². The van der Waals surface area contributed by atoms with Crippen molar-refractivity contribution in [1.29, 1.82) is 0 Å². The lowest BCUT2D eigenvalue weighted by Gasteiger charge is -2.18. The van der Waals surface area contributed by atoms with Crippen LogP contribution in [-0.4, -0.2) is 37.0 Å². The molecule has 0 unspecified atom stereocenters. The lowest BCUT2D eigenvalue weighted by atomic mass is 10.1. The van der Waals surface area contributed by atoms with E-state index in [1.165, 1.54) is 30.5 Å². The van der Waals surface area contributed by atoms with Crippen LogP contribution >= 0.6 is 11.6 Å². The van der Waals surface area contributed by atoms with E-state index < -0.39 is 11.6 Å². The van der Waals surface area contributed by atoms with E-state index in [4.69, 9.17) is 16.3 Å². The van der Waals surface area contributed by atoms with Crippen molar-refractivity contribution in [1.82, 2.24) is 24.5 Å². The fourth-order valence-corrected chi connectivity index (χ4v) is 4.21. The van der Waals surface area contributed by atoms with Crippen molar-refractivity contribution >= 4 is 23.2 Å². The molecule has 1 aliphatic heterocycles. The van der Waals surface area contributed by atoms with Crippen molar-refractivity contribution in [3.05, 3.63) is 87.1 Å². The zero-order valence-corrected chi connectivity index (χ0v) is 19.2. The highest BCUT2D eigenvalue weighted by atomic mass is 35.5. The summed E-state index contributed by atoms with van der Waals surface area (Å²) in [6.45, 7) is 4.44. The highest BCUT2D eigenvalue weighted by molar-refractivity contribution is 6.31. The molecule has 4 aromatic rings. The largest absolute Gasteiger partial charge is 0.492 e. The summed E-state index contributed by atoms with van der Waals surface area (Å²) in [5.41, 5.74) is 4.64. The van der Waals surface area contributed by atoms with Gasteiger partial charge < -0.3 is 9.64 Å². The Morgan fingerprint density at radius 2 is 1.97 bits per heavy atom. The average molecular weight is 484 g/mol. The molecule has 34 heavy (non-hydrogen) atoms. The zero-order valence-electron chi connectivity index (χ0n) is 18.5. The molecule has 174 valence electrons. The molecule has 0 aliphatic carbocycles. The molecular weight excluding hydrogens is 464 g/mol.